The van der Waals surface area contributed by atoms with E-state index in [9.17, 15) is 18.0 Å². The number of esters is 1. The standard InChI is InChI=1S/C21H23ClN2O7S/c1-13(20(25)23-15-6-4-7-16(12-15)32(27,28)24(2)3)31-21(26)14-10-17(22)19-18(11-14)29-8-5-9-30-19/h4,6-7,10-13H,5,8-9H2,1-3H3,(H,23,25)/t13-/m1/s1. The van der Waals surface area contributed by atoms with Gasteiger partial charge in [0, 0.05) is 26.2 Å². The van der Waals surface area contributed by atoms with Gasteiger partial charge in [-0.15, -0.1) is 0 Å². The average molecular weight is 483 g/mol. The molecule has 0 aliphatic carbocycles. The summed E-state index contributed by atoms with van der Waals surface area (Å²) < 4.78 is 41.9. The third kappa shape index (κ3) is 5.32. The van der Waals surface area contributed by atoms with Crippen molar-refractivity contribution in [3.63, 3.8) is 0 Å². The van der Waals surface area contributed by atoms with Gasteiger partial charge in [0.15, 0.2) is 17.6 Å². The van der Waals surface area contributed by atoms with Gasteiger partial charge in [0.25, 0.3) is 5.91 Å². The molecule has 0 saturated carbocycles. The molecule has 172 valence electrons. The quantitative estimate of drug-likeness (QED) is 0.630. The number of hydrogen-bond donors (Lipinski definition) is 1. The minimum atomic E-state index is -3.66. The molecule has 0 saturated heterocycles. The number of rotatable bonds is 6. The van der Waals surface area contributed by atoms with Gasteiger partial charge in [-0.1, -0.05) is 17.7 Å². The number of nitrogens with zero attached hydrogens (tertiary/aromatic N) is 1. The summed E-state index contributed by atoms with van der Waals surface area (Å²) >= 11 is 6.20. The number of halogens is 1. The van der Waals surface area contributed by atoms with E-state index in [1.165, 1.54) is 57.4 Å². The summed E-state index contributed by atoms with van der Waals surface area (Å²) in [6.07, 6.45) is -0.481. The van der Waals surface area contributed by atoms with Crippen LogP contribution >= 0.6 is 11.6 Å². The molecule has 0 bridgehead atoms. The summed E-state index contributed by atoms with van der Waals surface area (Å²) in [7, 11) is -0.841. The first-order valence-corrected chi connectivity index (χ1v) is 11.5. The second-order valence-electron chi connectivity index (χ2n) is 7.19. The molecule has 0 spiro atoms. The van der Waals surface area contributed by atoms with E-state index < -0.39 is 28.0 Å². The van der Waals surface area contributed by atoms with Crippen LogP contribution in [0.5, 0.6) is 11.5 Å². The Bertz CT molecular complexity index is 1130. The summed E-state index contributed by atoms with van der Waals surface area (Å²) in [5.74, 6) is -0.704. The van der Waals surface area contributed by atoms with Crippen molar-refractivity contribution >= 4 is 39.2 Å². The van der Waals surface area contributed by atoms with Crippen molar-refractivity contribution in [2.75, 3.05) is 32.6 Å². The van der Waals surface area contributed by atoms with Crippen LogP contribution in [0, 0.1) is 0 Å². The number of anilines is 1. The second-order valence-corrected chi connectivity index (χ2v) is 9.75. The van der Waals surface area contributed by atoms with Crippen molar-refractivity contribution in [3.8, 4) is 11.5 Å². The lowest BCUT2D eigenvalue weighted by molar-refractivity contribution is -0.123. The van der Waals surface area contributed by atoms with Crippen molar-refractivity contribution in [2.45, 2.75) is 24.3 Å². The Morgan fingerprint density at radius 2 is 1.88 bits per heavy atom. The van der Waals surface area contributed by atoms with Gasteiger partial charge in [0.1, 0.15) is 0 Å². The molecular formula is C21H23ClN2O7S. The van der Waals surface area contributed by atoms with Crippen LogP contribution in [0.4, 0.5) is 5.69 Å². The van der Waals surface area contributed by atoms with E-state index in [0.29, 0.717) is 31.1 Å². The fraction of sp³-hybridized carbons (Fsp3) is 0.333. The van der Waals surface area contributed by atoms with Gasteiger partial charge in [-0.2, -0.15) is 0 Å². The number of benzene rings is 2. The highest BCUT2D eigenvalue weighted by atomic mass is 35.5. The molecule has 3 rings (SSSR count). The second kappa shape index (κ2) is 9.76. The van der Waals surface area contributed by atoms with Gasteiger partial charge >= 0.3 is 5.97 Å². The lowest BCUT2D eigenvalue weighted by Gasteiger charge is -2.16. The smallest absolute Gasteiger partial charge is 0.339 e. The molecule has 0 unspecified atom stereocenters. The summed E-state index contributed by atoms with van der Waals surface area (Å²) in [4.78, 5) is 25.1. The van der Waals surface area contributed by atoms with E-state index in [2.05, 4.69) is 5.32 Å². The molecule has 2 aromatic rings. The zero-order valence-electron chi connectivity index (χ0n) is 17.8. The van der Waals surface area contributed by atoms with E-state index in [0.717, 1.165) is 4.31 Å². The molecule has 1 N–H and O–H groups in total. The molecule has 1 atom stereocenters. The van der Waals surface area contributed by atoms with Crippen LogP contribution in [0.2, 0.25) is 5.02 Å². The molecule has 1 heterocycles. The van der Waals surface area contributed by atoms with Crippen LogP contribution < -0.4 is 14.8 Å². The van der Waals surface area contributed by atoms with Crippen LogP contribution in [-0.2, 0) is 19.6 Å². The maximum atomic E-state index is 12.6. The lowest BCUT2D eigenvalue weighted by atomic mass is 10.2. The Labute approximate surface area is 191 Å². The van der Waals surface area contributed by atoms with Gasteiger partial charge in [-0.3, -0.25) is 4.79 Å². The molecule has 1 amide bonds. The van der Waals surface area contributed by atoms with Gasteiger partial charge in [-0.05, 0) is 37.3 Å². The van der Waals surface area contributed by atoms with E-state index in [4.69, 9.17) is 25.8 Å². The Kier molecular flexibility index (Phi) is 7.27. The highest BCUT2D eigenvalue weighted by Gasteiger charge is 2.24. The molecule has 0 fully saturated rings. The number of fused-ring (bicyclic) bond motifs is 1. The third-order valence-corrected chi connectivity index (χ3v) is 6.66. The van der Waals surface area contributed by atoms with E-state index in [1.54, 1.807) is 0 Å². The van der Waals surface area contributed by atoms with Gasteiger partial charge < -0.3 is 19.5 Å². The van der Waals surface area contributed by atoms with E-state index in [1.807, 2.05) is 0 Å². The molecule has 0 aromatic heterocycles. The topological polar surface area (TPSA) is 111 Å². The van der Waals surface area contributed by atoms with Crippen molar-refractivity contribution in [1.29, 1.82) is 0 Å². The lowest BCUT2D eigenvalue weighted by Crippen LogP contribution is -2.30. The molecule has 11 heteroatoms. The highest BCUT2D eigenvalue weighted by Crippen LogP contribution is 2.38. The number of amides is 1. The van der Waals surface area contributed by atoms with Crippen molar-refractivity contribution in [3.05, 3.63) is 47.0 Å². The van der Waals surface area contributed by atoms with Gasteiger partial charge in [0.05, 0.1) is 28.7 Å². The molecule has 1 aliphatic heterocycles. The third-order valence-electron chi connectivity index (χ3n) is 4.57. The van der Waals surface area contributed by atoms with Crippen molar-refractivity contribution in [2.24, 2.45) is 0 Å². The SMILES string of the molecule is C[C@@H](OC(=O)c1cc(Cl)c2c(c1)OCCCO2)C(=O)Nc1cccc(S(=O)(=O)N(C)C)c1. The Balaban J connectivity index is 1.69. The Hall–Kier alpha value is -2.82. The summed E-state index contributed by atoms with van der Waals surface area (Å²) in [6.45, 7) is 2.27. The van der Waals surface area contributed by atoms with Gasteiger partial charge in [-0.25, -0.2) is 17.5 Å². The number of hydrogen-bond acceptors (Lipinski definition) is 7. The first kappa shape index (κ1) is 23.8. The maximum Gasteiger partial charge on any atom is 0.339 e. The minimum absolute atomic E-state index is 0.0202. The monoisotopic (exact) mass is 482 g/mol. The molecule has 0 radical (unpaired) electrons. The van der Waals surface area contributed by atoms with Crippen LogP contribution in [-0.4, -0.2) is 58.0 Å². The molecular weight excluding hydrogens is 460 g/mol. The number of ether oxygens (including phenoxy) is 3. The zero-order valence-corrected chi connectivity index (χ0v) is 19.3. The number of sulfonamides is 1. The predicted molar refractivity (Wildman–Crippen MR) is 118 cm³/mol. The molecule has 1 aliphatic rings. The van der Waals surface area contributed by atoms with Crippen LogP contribution in [0.15, 0.2) is 41.3 Å². The summed E-state index contributed by atoms with van der Waals surface area (Å²) in [5, 5.41) is 2.75. The van der Waals surface area contributed by atoms with Crippen LogP contribution in [0.1, 0.15) is 23.7 Å². The summed E-state index contributed by atoms with van der Waals surface area (Å²) in [6, 6.07) is 8.62. The van der Waals surface area contributed by atoms with Crippen molar-refractivity contribution in [1.82, 2.24) is 4.31 Å². The Morgan fingerprint density at radius 3 is 2.59 bits per heavy atom. The Morgan fingerprint density at radius 1 is 1.16 bits per heavy atom. The van der Waals surface area contributed by atoms with E-state index in [-0.39, 0.29) is 21.2 Å². The number of nitrogens with one attached hydrogen (secondary N) is 1. The first-order valence-electron chi connectivity index (χ1n) is 9.73. The largest absolute Gasteiger partial charge is 0.489 e. The molecule has 32 heavy (non-hydrogen) atoms. The fourth-order valence-corrected chi connectivity index (χ4v) is 4.03. The summed E-state index contributed by atoms with van der Waals surface area (Å²) in [5.41, 5.74) is 0.359. The number of carbonyl (C=O) groups excluding carboxylic acids is 2. The highest BCUT2D eigenvalue weighted by molar-refractivity contribution is 7.89. The molecule has 2 aromatic carbocycles. The zero-order chi connectivity index (χ0) is 23.5. The van der Waals surface area contributed by atoms with E-state index >= 15 is 0 Å². The number of carbonyl (C=O) groups is 2. The normalized spacial score (nSPS) is 14.4. The van der Waals surface area contributed by atoms with Gasteiger partial charge in [0.2, 0.25) is 10.0 Å². The average Bonchev–Trinajstić information content (AvgIpc) is 2.99. The maximum absolute atomic E-state index is 12.6. The predicted octanol–water partition coefficient (Wildman–Crippen LogP) is 2.94. The van der Waals surface area contributed by atoms with Crippen LogP contribution in [0.3, 0.4) is 0 Å². The molecule has 9 nitrogen and oxygen atoms in total. The fourth-order valence-electron chi connectivity index (χ4n) is 2.82. The minimum Gasteiger partial charge on any atom is -0.489 e. The van der Waals surface area contributed by atoms with Crippen LogP contribution in [0.25, 0.3) is 0 Å². The first-order chi connectivity index (χ1) is 15.1. The van der Waals surface area contributed by atoms with Crippen molar-refractivity contribution < 1.29 is 32.2 Å².